The highest BCUT2D eigenvalue weighted by Gasteiger charge is 2.21. The number of rotatable bonds is 4. The van der Waals surface area contributed by atoms with Crippen LogP contribution in [0.3, 0.4) is 0 Å². The third-order valence-electron chi connectivity index (χ3n) is 2.19. The van der Waals surface area contributed by atoms with Gasteiger partial charge in [-0.05, 0) is 6.07 Å². The van der Waals surface area contributed by atoms with Gasteiger partial charge in [-0.1, -0.05) is 0 Å². The Bertz CT molecular complexity index is 692. The summed E-state index contributed by atoms with van der Waals surface area (Å²) >= 11 is 0. The maximum atomic E-state index is 13.1. The van der Waals surface area contributed by atoms with Crippen molar-refractivity contribution in [1.29, 1.82) is 0 Å². The molecule has 1 heterocycles. The Morgan fingerprint density at radius 2 is 2.05 bits per heavy atom. The molecule has 0 spiro atoms. The molecule has 0 bridgehead atoms. The lowest BCUT2D eigenvalue weighted by Crippen LogP contribution is -2.05. The largest absolute Gasteiger partial charge is 0.476 e. The normalized spacial score (nSPS) is 10.1. The third-order valence-corrected chi connectivity index (χ3v) is 2.19. The molecular formula is C11H6FN3O5. The molecule has 102 valence electrons. The van der Waals surface area contributed by atoms with Crippen LogP contribution in [0, 0.1) is 15.9 Å². The van der Waals surface area contributed by atoms with Gasteiger partial charge in [0.1, 0.15) is 5.82 Å². The van der Waals surface area contributed by atoms with Crippen molar-refractivity contribution in [1.82, 2.24) is 9.97 Å². The highest BCUT2D eigenvalue weighted by Crippen LogP contribution is 2.31. The Balaban J connectivity index is 2.47. The van der Waals surface area contributed by atoms with Gasteiger partial charge in [0.05, 0.1) is 4.92 Å². The number of carboxylic acids is 1. The molecular weight excluding hydrogens is 273 g/mol. The molecule has 0 fully saturated rings. The lowest BCUT2D eigenvalue weighted by molar-refractivity contribution is -0.385. The van der Waals surface area contributed by atoms with Gasteiger partial charge in [-0.15, -0.1) is 0 Å². The lowest BCUT2D eigenvalue weighted by atomic mass is 10.3. The van der Waals surface area contributed by atoms with E-state index in [-0.39, 0.29) is 0 Å². The number of ether oxygens (including phenoxy) is 1. The lowest BCUT2D eigenvalue weighted by Gasteiger charge is -2.06. The maximum Gasteiger partial charge on any atom is 0.360 e. The van der Waals surface area contributed by atoms with Crippen molar-refractivity contribution in [3.63, 3.8) is 0 Å². The molecule has 0 saturated carbocycles. The molecule has 0 aliphatic rings. The number of hydrogen-bond donors (Lipinski definition) is 1. The molecule has 0 atom stereocenters. The first-order chi connectivity index (χ1) is 9.49. The van der Waals surface area contributed by atoms with Crippen molar-refractivity contribution >= 4 is 11.7 Å². The monoisotopic (exact) mass is 279 g/mol. The van der Waals surface area contributed by atoms with Gasteiger partial charge in [-0.2, -0.15) is 0 Å². The smallest absolute Gasteiger partial charge is 0.360 e. The first-order valence-electron chi connectivity index (χ1n) is 5.15. The number of carboxylic acid groups (broad SMARTS) is 1. The van der Waals surface area contributed by atoms with Crippen molar-refractivity contribution in [2.24, 2.45) is 0 Å². The van der Waals surface area contributed by atoms with Crippen molar-refractivity contribution in [2.45, 2.75) is 0 Å². The van der Waals surface area contributed by atoms with Crippen LogP contribution in [0.15, 0.2) is 30.6 Å². The average Bonchev–Trinajstić information content (AvgIpc) is 2.38. The zero-order valence-electron chi connectivity index (χ0n) is 9.69. The first kappa shape index (κ1) is 13.3. The van der Waals surface area contributed by atoms with Crippen LogP contribution >= 0.6 is 0 Å². The molecule has 1 aromatic heterocycles. The van der Waals surface area contributed by atoms with Crippen LogP contribution in [0.25, 0.3) is 0 Å². The molecule has 2 rings (SSSR count). The number of nitro groups is 1. The highest BCUT2D eigenvalue weighted by atomic mass is 19.1. The summed E-state index contributed by atoms with van der Waals surface area (Å²) in [6.07, 6.45) is 2.27. The zero-order chi connectivity index (χ0) is 14.7. The van der Waals surface area contributed by atoms with Gasteiger partial charge in [-0.25, -0.2) is 19.2 Å². The van der Waals surface area contributed by atoms with E-state index in [9.17, 15) is 19.3 Å². The average molecular weight is 279 g/mol. The molecule has 1 N–H and O–H groups in total. The van der Waals surface area contributed by atoms with E-state index in [4.69, 9.17) is 9.84 Å². The van der Waals surface area contributed by atoms with Gasteiger partial charge in [0.2, 0.25) is 11.4 Å². The Morgan fingerprint density at radius 1 is 1.35 bits per heavy atom. The van der Waals surface area contributed by atoms with Crippen LogP contribution in [0.4, 0.5) is 10.1 Å². The molecule has 0 aliphatic heterocycles. The molecule has 9 heteroatoms. The Labute approximate surface area is 110 Å². The number of aromatic nitrogens is 2. The van der Waals surface area contributed by atoms with Crippen LogP contribution in [0.2, 0.25) is 0 Å². The number of hydrogen-bond acceptors (Lipinski definition) is 6. The summed E-state index contributed by atoms with van der Waals surface area (Å²) < 4.78 is 18.1. The van der Waals surface area contributed by atoms with Crippen LogP contribution < -0.4 is 4.74 Å². The van der Waals surface area contributed by atoms with E-state index in [1.165, 1.54) is 0 Å². The van der Waals surface area contributed by atoms with Gasteiger partial charge < -0.3 is 9.84 Å². The van der Waals surface area contributed by atoms with E-state index in [1.807, 2.05) is 0 Å². The maximum absolute atomic E-state index is 13.1. The molecule has 20 heavy (non-hydrogen) atoms. The molecule has 0 unspecified atom stereocenters. The quantitative estimate of drug-likeness (QED) is 0.672. The Kier molecular flexibility index (Phi) is 3.51. The molecule has 0 aliphatic carbocycles. The van der Waals surface area contributed by atoms with Gasteiger partial charge in [0.15, 0.2) is 0 Å². The summed E-state index contributed by atoms with van der Waals surface area (Å²) in [6, 6.07) is 2.56. The van der Waals surface area contributed by atoms with Crippen molar-refractivity contribution in [3.8, 4) is 11.6 Å². The number of halogens is 1. The minimum Gasteiger partial charge on any atom is -0.476 e. The number of aromatic carboxylic acids is 1. The van der Waals surface area contributed by atoms with E-state index in [0.29, 0.717) is 0 Å². The van der Waals surface area contributed by atoms with E-state index in [0.717, 1.165) is 30.6 Å². The summed E-state index contributed by atoms with van der Waals surface area (Å²) in [7, 11) is 0. The minimum absolute atomic E-state index is 0.460. The molecule has 0 amide bonds. The predicted octanol–water partition coefficient (Wildman–Crippen LogP) is 2.01. The zero-order valence-corrected chi connectivity index (χ0v) is 9.69. The van der Waals surface area contributed by atoms with Crippen LogP contribution in [0.5, 0.6) is 11.6 Å². The number of benzene rings is 1. The van der Waals surface area contributed by atoms with Gasteiger partial charge in [0, 0.05) is 24.5 Å². The minimum atomic E-state index is -1.42. The Morgan fingerprint density at radius 3 is 2.70 bits per heavy atom. The first-order valence-corrected chi connectivity index (χ1v) is 5.15. The van der Waals surface area contributed by atoms with Crippen LogP contribution in [0.1, 0.15) is 10.5 Å². The summed E-state index contributed by atoms with van der Waals surface area (Å²) in [5.74, 6) is -3.12. The molecule has 0 radical (unpaired) electrons. The van der Waals surface area contributed by atoms with Gasteiger partial charge in [0.25, 0.3) is 5.88 Å². The molecule has 0 saturated heterocycles. The fourth-order valence-corrected chi connectivity index (χ4v) is 1.37. The second kappa shape index (κ2) is 5.26. The van der Waals surface area contributed by atoms with E-state index in [1.54, 1.807) is 0 Å². The second-order valence-electron chi connectivity index (χ2n) is 3.49. The number of carbonyl (C=O) groups is 1. The molecule has 8 nitrogen and oxygen atoms in total. The van der Waals surface area contributed by atoms with Crippen LogP contribution in [-0.4, -0.2) is 26.0 Å². The predicted molar refractivity (Wildman–Crippen MR) is 62.1 cm³/mol. The van der Waals surface area contributed by atoms with Crippen molar-refractivity contribution in [2.75, 3.05) is 0 Å². The van der Waals surface area contributed by atoms with Crippen LogP contribution in [-0.2, 0) is 0 Å². The SMILES string of the molecule is O=C(O)c1nccnc1Oc1cc(F)ccc1[N+](=O)[O-]. The van der Waals surface area contributed by atoms with E-state index >= 15 is 0 Å². The third kappa shape index (κ3) is 2.66. The standard InChI is InChI=1S/C11H6FN3O5/c12-6-1-2-7(15(18)19)8(5-6)20-10-9(11(16)17)13-3-4-14-10/h1-5H,(H,16,17). The fraction of sp³-hybridized carbons (Fsp3) is 0. The second-order valence-corrected chi connectivity index (χ2v) is 3.49. The number of nitro benzene ring substituents is 1. The van der Waals surface area contributed by atoms with Gasteiger partial charge in [-0.3, -0.25) is 10.1 Å². The summed E-state index contributed by atoms with van der Waals surface area (Å²) in [5, 5.41) is 19.7. The summed E-state index contributed by atoms with van der Waals surface area (Å²) in [6.45, 7) is 0. The van der Waals surface area contributed by atoms with E-state index < -0.39 is 39.7 Å². The van der Waals surface area contributed by atoms with Crippen molar-refractivity contribution < 1.29 is 24.0 Å². The van der Waals surface area contributed by atoms with Crippen molar-refractivity contribution in [3.05, 3.63) is 52.2 Å². The van der Waals surface area contributed by atoms with Gasteiger partial charge >= 0.3 is 11.7 Å². The highest BCUT2D eigenvalue weighted by molar-refractivity contribution is 5.87. The fourth-order valence-electron chi connectivity index (χ4n) is 1.37. The summed E-state index contributed by atoms with van der Waals surface area (Å²) in [4.78, 5) is 28.0. The topological polar surface area (TPSA) is 115 Å². The summed E-state index contributed by atoms with van der Waals surface area (Å²) in [5.41, 5.74) is -1.06. The molecule has 1 aromatic carbocycles. The number of nitrogens with zero attached hydrogens (tertiary/aromatic N) is 3. The molecule has 2 aromatic rings. The van der Waals surface area contributed by atoms with E-state index in [2.05, 4.69) is 9.97 Å². The Hall–Kier alpha value is -3.10.